The van der Waals surface area contributed by atoms with Crippen LogP contribution in [-0.2, 0) is 9.53 Å². The fraction of sp³-hybridized carbons (Fsp3) is 0.700. The highest BCUT2D eigenvalue weighted by Crippen LogP contribution is 2.29. The first-order valence-electron chi connectivity index (χ1n) is 4.66. The van der Waals surface area contributed by atoms with E-state index in [0.29, 0.717) is 19.8 Å². The summed E-state index contributed by atoms with van der Waals surface area (Å²) >= 11 is 0. The molecule has 0 aromatic carbocycles. The number of nitrogens with one attached hydrogen (secondary N) is 1. The Morgan fingerprint density at radius 2 is 2.23 bits per heavy atom. The summed E-state index contributed by atoms with van der Waals surface area (Å²) in [6.45, 7) is 7.49. The molecule has 3 nitrogen and oxygen atoms in total. The van der Waals surface area contributed by atoms with Crippen LogP contribution in [0.15, 0.2) is 12.7 Å². The fourth-order valence-corrected chi connectivity index (χ4v) is 1.43. The number of carbonyl (C=O) groups is 1. The first-order valence-corrected chi connectivity index (χ1v) is 4.66. The third-order valence-electron chi connectivity index (χ3n) is 2.55. The molecule has 1 heterocycles. The largest absolute Gasteiger partial charge is 0.381 e. The van der Waals surface area contributed by atoms with Crippen molar-refractivity contribution >= 4 is 5.91 Å². The van der Waals surface area contributed by atoms with Crippen molar-refractivity contribution in [2.24, 2.45) is 5.41 Å². The van der Waals surface area contributed by atoms with Crippen molar-refractivity contribution in [1.29, 1.82) is 0 Å². The number of hydrogen-bond acceptors (Lipinski definition) is 2. The molecule has 0 radical (unpaired) electrons. The highest BCUT2D eigenvalue weighted by Gasteiger charge is 2.34. The van der Waals surface area contributed by atoms with Gasteiger partial charge in [-0.15, -0.1) is 6.58 Å². The lowest BCUT2D eigenvalue weighted by Gasteiger charge is -2.31. The molecule has 1 rings (SSSR count). The highest BCUT2D eigenvalue weighted by atomic mass is 16.5. The lowest BCUT2D eigenvalue weighted by molar-refractivity contribution is -0.135. The summed E-state index contributed by atoms with van der Waals surface area (Å²) in [5.74, 6) is 0.121. The SMILES string of the molecule is C=CCNC(=O)C1(C)CCOCC1. The Labute approximate surface area is 79.2 Å². The van der Waals surface area contributed by atoms with Gasteiger partial charge >= 0.3 is 0 Å². The molecule has 13 heavy (non-hydrogen) atoms. The van der Waals surface area contributed by atoms with Gasteiger partial charge in [-0.25, -0.2) is 0 Å². The van der Waals surface area contributed by atoms with Gasteiger partial charge in [-0.1, -0.05) is 13.0 Å². The van der Waals surface area contributed by atoms with Gasteiger partial charge in [0.05, 0.1) is 5.41 Å². The van der Waals surface area contributed by atoms with Gasteiger partial charge < -0.3 is 10.1 Å². The molecule has 0 bridgehead atoms. The zero-order chi connectivity index (χ0) is 9.73. The van der Waals surface area contributed by atoms with Crippen LogP contribution in [0.25, 0.3) is 0 Å². The first kappa shape index (κ1) is 10.3. The monoisotopic (exact) mass is 183 g/mol. The van der Waals surface area contributed by atoms with Gasteiger partial charge in [-0.3, -0.25) is 4.79 Å². The van der Waals surface area contributed by atoms with E-state index in [2.05, 4.69) is 11.9 Å². The number of ether oxygens (including phenoxy) is 1. The van der Waals surface area contributed by atoms with Crippen LogP contribution >= 0.6 is 0 Å². The molecule has 0 spiro atoms. The Bertz CT molecular complexity index is 195. The van der Waals surface area contributed by atoms with Crippen molar-refractivity contribution in [3.8, 4) is 0 Å². The fourth-order valence-electron chi connectivity index (χ4n) is 1.43. The maximum atomic E-state index is 11.7. The zero-order valence-corrected chi connectivity index (χ0v) is 8.14. The topological polar surface area (TPSA) is 38.3 Å². The van der Waals surface area contributed by atoms with Gasteiger partial charge in [0.15, 0.2) is 0 Å². The Hall–Kier alpha value is -0.830. The molecular formula is C10H17NO2. The molecule has 3 heteroatoms. The minimum atomic E-state index is -0.235. The molecule has 1 amide bonds. The third-order valence-corrected chi connectivity index (χ3v) is 2.55. The van der Waals surface area contributed by atoms with Crippen LogP contribution in [0.1, 0.15) is 19.8 Å². The van der Waals surface area contributed by atoms with Crippen molar-refractivity contribution in [1.82, 2.24) is 5.32 Å². The molecule has 0 aromatic rings. The van der Waals surface area contributed by atoms with Crippen LogP contribution < -0.4 is 5.32 Å². The summed E-state index contributed by atoms with van der Waals surface area (Å²) in [5, 5.41) is 2.83. The van der Waals surface area contributed by atoms with E-state index in [9.17, 15) is 4.79 Å². The van der Waals surface area contributed by atoms with E-state index in [1.165, 1.54) is 0 Å². The van der Waals surface area contributed by atoms with Gasteiger partial charge in [0.25, 0.3) is 0 Å². The molecule has 0 unspecified atom stereocenters. The van der Waals surface area contributed by atoms with E-state index in [0.717, 1.165) is 12.8 Å². The van der Waals surface area contributed by atoms with Crippen LogP contribution in [0.3, 0.4) is 0 Å². The summed E-state index contributed by atoms with van der Waals surface area (Å²) in [4.78, 5) is 11.7. The number of rotatable bonds is 3. The van der Waals surface area contributed by atoms with E-state index in [4.69, 9.17) is 4.74 Å². The Morgan fingerprint density at radius 1 is 1.62 bits per heavy atom. The predicted molar refractivity (Wildman–Crippen MR) is 51.4 cm³/mol. The van der Waals surface area contributed by atoms with Gasteiger partial charge in [0.1, 0.15) is 0 Å². The average molecular weight is 183 g/mol. The molecule has 1 aliphatic rings. The Morgan fingerprint density at radius 3 is 2.77 bits per heavy atom. The minimum Gasteiger partial charge on any atom is -0.381 e. The minimum absolute atomic E-state index is 0.121. The molecule has 1 N–H and O–H groups in total. The summed E-state index contributed by atoms with van der Waals surface area (Å²) in [6, 6.07) is 0. The maximum absolute atomic E-state index is 11.7. The van der Waals surface area contributed by atoms with Gasteiger partial charge in [0, 0.05) is 19.8 Å². The predicted octanol–water partition coefficient (Wildman–Crippen LogP) is 1.11. The summed E-state index contributed by atoms with van der Waals surface area (Å²) in [7, 11) is 0. The van der Waals surface area contributed by atoms with E-state index in [1.54, 1.807) is 6.08 Å². The van der Waals surface area contributed by atoms with Crippen molar-refractivity contribution < 1.29 is 9.53 Å². The number of amides is 1. The van der Waals surface area contributed by atoms with Crippen LogP contribution in [-0.4, -0.2) is 25.7 Å². The maximum Gasteiger partial charge on any atom is 0.226 e. The molecule has 0 aliphatic carbocycles. The first-order chi connectivity index (χ1) is 6.19. The van der Waals surface area contributed by atoms with Crippen molar-refractivity contribution in [3.05, 3.63) is 12.7 Å². The van der Waals surface area contributed by atoms with Crippen molar-refractivity contribution in [2.45, 2.75) is 19.8 Å². The second kappa shape index (κ2) is 4.42. The van der Waals surface area contributed by atoms with E-state index in [-0.39, 0.29) is 11.3 Å². The third kappa shape index (κ3) is 2.56. The lowest BCUT2D eigenvalue weighted by Crippen LogP contribution is -2.42. The standard InChI is InChI=1S/C10H17NO2/c1-3-6-11-9(12)10(2)4-7-13-8-5-10/h3H,1,4-8H2,2H3,(H,11,12). The molecule has 1 fully saturated rings. The van der Waals surface area contributed by atoms with Crippen LogP contribution in [0.2, 0.25) is 0 Å². The quantitative estimate of drug-likeness (QED) is 0.665. The molecular weight excluding hydrogens is 166 g/mol. The smallest absolute Gasteiger partial charge is 0.226 e. The van der Waals surface area contributed by atoms with Crippen molar-refractivity contribution in [2.75, 3.05) is 19.8 Å². The summed E-state index contributed by atoms with van der Waals surface area (Å²) < 4.78 is 5.22. The molecule has 1 saturated heterocycles. The van der Waals surface area contributed by atoms with Crippen LogP contribution in [0, 0.1) is 5.41 Å². The van der Waals surface area contributed by atoms with E-state index in [1.807, 2.05) is 6.92 Å². The second-order valence-electron chi connectivity index (χ2n) is 3.67. The van der Waals surface area contributed by atoms with Crippen LogP contribution in [0.4, 0.5) is 0 Å². The number of hydrogen-bond donors (Lipinski definition) is 1. The molecule has 1 aliphatic heterocycles. The Kier molecular flexibility index (Phi) is 3.48. The molecule has 0 atom stereocenters. The van der Waals surface area contributed by atoms with Gasteiger partial charge in [-0.2, -0.15) is 0 Å². The van der Waals surface area contributed by atoms with Crippen molar-refractivity contribution in [3.63, 3.8) is 0 Å². The van der Waals surface area contributed by atoms with Crippen LogP contribution in [0.5, 0.6) is 0 Å². The van der Waals surface area contributed by atoms with Gasteiger partial charge in [0.2, 0.25) is 5.91 Å². The summed E-state index contributed by atoms with van der Waals surface area (Å²) in [5.41, 5.74) is -0.235. The number of carbonyl (C=O) groups excluding carboxylic acids is 1. The van der Waals surface area contributed by atoms with E-state index >= 15 is 0 Å². The normalized spacial score (nSPS) is 20.7. The molecule has 74 valence electrons. The Balaban J connectivity index is 2.46. The molecule has 0 saturated carbocycles. The lowest BCUT2D eigenvalue weighted by atomic mass is 9.81. The van der Waals surface area contributed by atoms with Gasteiger partial charge in [-0.05, 0) is 12.8 Å². The summed E-state index contributed by atoms with van der Waals surface area (Å²) in [6.07, 6.45) is 3.33. The highest BCUT2D eigenvalue weighted by molar-refractivity contribution is 5.82. The second-order valence-corrected chi connectivity index (χ2v) is 3.67. The van der Waals surface area contributed by atoms with E-state index < -0.39 is 0 Å². The average Bonchev–Trinajstić information content (AvgIpc) is 2.15. The molecule has 0 aromatic heterocycles. The zero-order valence-electron chi connectivity index (χ0n) is 8.14.